The molecule has 2 aromatic rings. The third kappa shape index (κ3) is 3.15. The molecule has 0 aliphatic carbocycles. The van der Waals surface area contributed by atoms with Gasteiger partial charge in [-0.1, -0.05) is 12.1 Å². The molecule has 0 unspecified atom stereocenters. The van der Waals surface area contributed by atoms with Crippen LogP contribution >= 0.6 is 0 Å². The van der Waals surface area contributed by atoms with Crippen molar-refractivity contribution < 1.29 is 0 Å². The summed E-state index contributed by atoms with van der Waals surface area (Å²) >= 11 is 0. The van der Waals surface area contributed by atoms with Crippen LogP contribution in [0.3, 0.4) is 0 Å². The molecule has 0 bridgehead atoms. The standard InChI is InChI=1S/C14H9N5/c15-5-11(6-16)7-19-14-3-1-12(2-4-14)13-8-17-10-18-9-13/h1-4,7-10,19H. The number of nitriles is 2. The van der Waals surface area contributed by atoms with E-state index in [1.807, 2.05) is 24.3 Å². The van der Waals surface area contributed by atoms with Crippen molar-refractivity contribution in [3.8, 4) is 23.3 Å². The van der Waals surface area contributed by atoms with Crippen LogP contribution in [0.1, 0.15) is 0 Å². The van der Waals surface area contributed by atoms with Gasteiger partial charge in [-0.15, -0.1) is 0 Å². The minimum Gasteiger partial charge on any atom is -0.360 e. The average molecular weight is 247 g/mol. The van der Waals surface area contributed by atoms with Gasteiger partial charge in [-0.05, 0) is 17.7 Å². The van der Waals surface area contributed by atoms with E-state index in [1.54, 1.807) is 24.5 Å². The van der Waals surface area contributed by atoms with Crippen LogP contribution in [0.5, 0.6) is 0 Å². The van der Waals surface area contributed by atoms with Gasteiger partial charge in [-0.2, -0.15) is 10.5 Å². The molecule has 1 heterocycles. The maximum atomic E-state index is 8.60. The lowest BCUT2D eigenvalue weighted by molar-refractivity contribution is 1.17. The van der Waals surface area contributed by atoms with Crippen molar-refractivity contribution in [1.29, 1.82) is 10.5 Å². The van der Waals surface area contributed by atoms with Crippen molar-refractivity contribution >= 4 is 5.69 Å². The first-order chi connectivity index (χ1) is 9.33. The monoisotopic (exact) mass is 247 g/mol. The summed E-state index contributed by atoms with van der Waals surface area (Å²) in [7, 11) is 0. The Labute approximate surface area is 110 Å². The molecule has 0 radical (unpaired) electrons. The van der Waals surface area contributed by atoms with E-state index in [4.69, 9.17) is 10.5 Å². The first-order valence-corrected chi connectivity index (χ1v) is 5.46. The van der Waals surface area contributed by atoms with E-state index in [1.165, 1.54) is 12.5 Å². The molecule has 1 aromatic carbocycles. The van der Waals surface area contributed by atoms with Crippen LogP contribution in [0.4, 0.5) is 5.69 Å². The summed E-state index contributed by atoms with van der Waals surface area (Å²) in [6, 6.07) is 11.1. The van der Waals surface area contributed by atoms with Gasteiger partial charge in [0.2, 0.25) is 0 Å². The second-order valence-corrected chi connectivity index (χ2v) is 3.63. The molecule has 90 valence electrons. The summed E-state index contributed by atoms with van der Waals surface area (Å²) in [5.41, 5.74) is 2.75. The number of hydrogen-bond acceptors (Lipinski definition) is 5. The fourth-order valence-electron chi connectivity index (χ4n) is 1.45. The molecular weight excluding hydrogens is 238 g/mol. The number of aromatic nitrogens is 2. The van der Waals surface area contributed by atoms with E-state index >= 15 is 0 Å². The molecule has 0 fully saturated rings. The molecule has 19 heavy (non-hydrogen) atoms. The van der Waals surface area contributed by atoms with Crippen molar-refractivity contribution in [3.63, 3.8) is 0 Å². The minimum absolute atomic E-state index is 0.0283. The second kappa shape index (κ2) is 5.95. The Morgan fingerprint density at radius 1 is 1.00 bits per heavy atom. The molecule has 0 spiro atoms. The molecule has 1 N–H and O–H groups in total. The van der Waals surface area contributed by atoms with Gasteiger partial charge in [0.15, 0.2) is 0 Å². The highest BCUT2D eigenvalue weighted by atomic mass is 14.8. The van der Waals surface area contributed by atoms with E-state index in [2.05, 4.69) is 15.3 Å². The van der Waals surface area contributed by atoms with Crippen LogP contribution in [0.15, 0.2) is 54.8 Å². The normalized spacial score (nSPS) is 8.95. The molecule has 5 heteroatoms. The number of benzene rings is 1. The van der Waals surface area contributed by atoms with Gasteiger partial charge < -0.3 is 5.32 Å². The third-order valence-electron chi connectivity index (χ3n) is 2.40. The highest BCUT2D eigenvalue weighted by Gasteiger charge is 1.98. The SMILES string of the molecule is N#CC(C#N)=CNc1ccc(-c2cncnc2)cc1. The summed E-state index contributed by atoms with van der Waals surface area (Å²) in [4.78, 5) is 7.91. The number of hydrogen-bond donors (Lipinski definition) is 1. The van der Waals surface area contributed by atoms with Gasteiger partial charge in [0.25, 0.3) is 0 Å². The Kier molecular flexibility index (Phi) is 3.84. The highest BCUT2D eigenvalue weighted by Crippen LogP contribution is 2.19. The lowest BCUT2D eigenvalue weighted by atomic mass is 10.1. The van der Waals surface area contributed by atoms with E-state index in [0.29, 0.717) is 0 Å². The largest absolute Gasteiger partial charge is 0.360 e. The molecule has 0 aliphatic rings. The molecule has 0 amide bonds. The summed E-state index contributed by atoms with van der Waals surface area (Å²) in [6.45, 7) is 0. The lowest BCUT2D eigenvalue weighted by Crippen LogP contribution is -1.90. The van der Waals surface area contributed by atoms with Gasteiger partial charge in [0, 0.05) is 29.8 Å². The number of nitrogens with one attached hydrogen (secondary N) is 1. The average Bonchev–Trinajstić information content (AvgIpc) is 2.50. The molecule has 0 aliphatic heterocycles. The summed E-state index contributed by atoms with van der Waals surface area (Å²) in [5, 5.41) is 20.1. The summed E-state index contributed by atoms with van der Waals surface area (Å²) in [5.74, 6) is 0. The number of nitrogens with zero attached hydrogens (tertiary/aromatic N) is 4. The van der Waals surface area contributed by atoms with Gasteiger partial charge in [-0.3, -0.25) is 0 Å². The maximum Gasteiger partial charge on any atom is 0.145 e. The topological polar surface area (TPSA) is 85.4 Å². The number of rotatable bonds is 3. The van der Waals surface area contributed by atoms with Gasteiger partial charge in [0.05, 0.1) is 0 Å². The Morgan fingerprint density at radius 3 is 2.21 bits per heavy atom. The molecule has 1 aromatic heterocycles. The predicted octanol–water partition coefficient (Wildman–Crippen LogP) is 2.49. The Hall–Kier alpha value is -3.18. The summed E-state index contributed by atoms with van der Waals surface area (Å²) < 4.78 is 0. The van der Waals surface area contributed by atoms with Crippen LogP contribution in [-0.2, 0) is 0 Å². The highest BCUT2D eigenvalue weighted by molar-refractivity contribution is 5.64. The van der Waals surface area contributed by atoms with E-state index in [0.717, 1.165) is 16.8 Å². The van der Waals surface area contributed by atoms with Crippen LogP contribution in [-0.4, -0.2) is 9.97 Å². The molecule has 0 saturated heterocycles. The number of anilines is 1. The van der Waals surface area contributed by atoms with Crippen molar-refractivity contribution in [2.24, 2.45) is 0 Å². The fourth-order valence-corrected chi connectivity index (χ4v) is 1.45. The lowest BCUT2D eigenvalue weighted by Gasteiger charge is -2.03. The van der Waals surface area contributed by atoms with Crippen LogP contribution in [0.2, 0.25) is 0 Å². The Morgan fingerprint density at radius 2 is 1.63 bits per heavy atom. The van der Waals surface area contributed by atoms with Crippen LogP contribution in [0, 0.1) is 22.7 Å². The van der Waals surface area contributed by atoms with Crippen molar-refractivity contribution in [1.82, 2.24) is 9.97 Å². The first kappa shape index (κ1) is 12.3. The molecule has 2 rings (SSSR count). The van der Waals surface area contributed by atoms with Crippen molar-refractivity contribution in [2.75, 3.05) is 5.32 Å². The first-order valence-electron chi connectivity index (χ1n) is 5.46. The smallest absolute Gasteiger partial charge is 0.145 e. The van der Waals surface area contributed by atoms with E-state index < -0.39 is 0 Å². The zero-order valence-corrected chi connectivity index (χ0v) is 9.91. The quantitative estimate of drug-likeness (QED) is 0.842. The van der Waals surface area contributed by atoms with E-state index in [9.17, 15) is 0 Å². The zero-order chi connectivity index (χ0) is 13.5. The summed E-state index contributed by atoms with van der Waals surface area (Å²) in [6.07, 6.45) is 6.33. The minimum atomic E-state index is 0.0283. The van der Waals surface area contributed by atoms with Gasteiger partial charge in [-0.25, -0.2) is 9.97 Å². The molecule has 0 saturated carbocycles. The number of allylic oxidation sites excluding steroid dienone is 1. The molecule has 5 nitrogen and oxygen atoms in total. The maximum absolute atomic E-state index is 8.60. The van der Waals surface area contributed by atoms with Crippen molar-refractivity contribution in [3.05, 3.63) is 54.8 Å². The second-order valence-electron chi connectivity index (χ2n) is 3.63. The Bertz CT molecular complexity index is 644. The zero-order valence-electron chi connectivity index (χ0n) is 9.91. The molecule has 0 atom stereocenters. The molecular formula is C14H9N5. The Balaban J connectivity index is 2.15. The van der Waals surface area contributed by atoms with Gasteiger partial charge >= 0.3 is 0 Å². The fraction of sp³-hybridized carbons (Fsp3) is 0. The third-order valence-corrected chi connectivity index (χ3v) is 2.40. The van der Waals surface area contributed by atoms with Gasteiger partial charge in [0.1, 0.15) is 24.0 Å². The van der Waals surface area contributed by atoms with Crippen LogP contribution < -0.4 is 5.32 Å². The van der Waals surface area contributed by atoms with Crippen LogP contribution in [0.25, 0.3) is 11.1 Å². The predicted molar refractivity (Wildman–Crippen MR) is 70.4 cm³/mol. The van der Waals surface area contributed by atoms with Crippen molar-refractivity contribution in [2.45, 2.75) is 0 Å². The van der Waals surface area contributed by atoms with E-state index in [-0.39, 0.29) is 5.57 Å².